The van der Waals surface area contributed by atoms with Gasteiger partial charge in [-0.25, -0.2) is 4.39 Å². The van der Waals surface area contributed by atoms with Crippen molar-refractivity contribution in [2.24, 2.45) is 5.41 Å². The van der Waals surface area contributed by atoms with E-state index < -0.39 is 0 Å². The third-order valence-electron chi connectivity index (χ3n) is 4.03. The first-order valence-corrected chi connectivity index (χ1v) is 7.48. The van der Waals surface area contributed by atoms with Crippen LogP contribution in [0.25, 0.3) is 0 Å². The maximum atomic E-state index is 13.8. The van der Waals surface area contributed by atoms with Crippen molar-refractivity contribution in [3.63, 3.8) is 0 Å². The number of hydrogen-bond acceptors (Lipinski definition) is 2. The third-order valence-corrected chi connectivity index (χ3v) is 4.03. The van der Waals surface area contributed by atoms with Gasteiger partial charge in [0.15, 0.2) is 0 Å². The van der Waals surface area contributed by atoms with Crippen LogP contribution in [0, 0.1) is 18.2 Å². The van der Waals surface area contributed by atoms with Gasteiger partial charge in [0, 0.05) is 13.1 Å². The molecule has 0 bridgehead atoms. The van der Waals surface area contributed by atoms with Gasteiger partial charge >= 0.3 is 0 Å². The van der Waals surface area contributed by atoms with Crippen LogP contribution >= 0.6 is 0 Å². The van der Waals surface area contributed by atoms with E-state index in [1.807, 2.05) is 6.92 Å². The zero-order valence-corrected chi connectivity index (χ0v) is 13.0. The number of carbonyl (C=O) groups excluding carboxylic acids is 1. The average molecular weight is 293 g/mol. The van der Waals surface area contributed by atoms with Crippen LogP contribution in [0.3, 0.4) is 0 Å². The Morgan fingerprint density at radius 2 is 2.19 bits per heavy atom. The van der Waals surface area contributed by atoms with Gasteiger partial charge < -0.3 is 10.0 Å². The second-order valence-electron chi connectivity index (χ2n) is 6.90. The van der Waals surface area contributed by atoms with Crippen molar-refractivity contribution in [1.29, 1.82) is 0 Å². The molecule has 4 heteroatoms. The predicted octanol–water partition coefficient (Wildman–Crippen LogP) is 2.69. The lowest BCUT2D eigenvalue weighted by Gasteiger charge is -2.29. The van der Waals surface area contributed by atoms with Crippen LogP contribution in [0.4, 0.5) is 4.39 Å². The number of likely N-dealkylation sites (tertiary alicyclic amines) is 1. The van der Waals surface area contributed by atoms with Crippen LogP contribution < -0.4 is 0 Å². The Balaban J connectivity index is 2.10. The molecule has 1 aliphatic rings. The molecule has 1 amide bonds. The third kappa shape index (κ3) is 4.27. The van der Waals surface area contributed by atoms with Gasteiger partial charge in [0.25, 0.3) is 0 Å². The van der Waals surface area contributed by atoms with E-state index in [1.165, 1.54) is 6.07 Å². The van der Waals surface area contributed by atoms with Gasteiger partial charge in [-0.3, -0.25) is 4.79 Å². The van der Waals surface area contributed by atoms with Crippen molar-refractivity contribution in [2.75, 3.05) is 13.1 Å². The first-order valence-electron chi connectivity index (χ1n) is 7.48. The lowest BCUT2D eigenvalue weighted by Crippen LogP contribution is -2.38. The standard InChI is InChI=1S/C17H24FNO2/c1-12-4-5-15(18)13(8-12)9-16(21)19-7-6-14(20)10-17(2,3)11-19/h4-5,8,14,20H,6-7,9-11H2,1-3H3. The Bertz CT molecular complexity index is 528. The largest absolute Gasteiger partial charge is 0.393 e. The summed E-state index contributed by atoms with van der Waals surface area (Å²) in [6, 6.07) is 4.84. The summed E-state index contributed by atoms with van der Waals surface area (Å²) in [7, 11) is 0. The molecule has 1 aromatic rings. The Labute approximate surface area is 125 Å². The molecule has 0 aliphatic carbocycles. The minimum Gasteiger partial charge on any atom is -0.393 e. The number of amides is 1. The minimum atomic E-state index is -0.367. The highest BCUT2D eigenvalue weighted by Gasteiger charge is 2.31. The molecular weight excluding hydrogens is 269 g/mol. The molecule has 0 aromatic heterocycles. The molecule has 1 fully saturated rings. The fourth-order valence-electron chi connectivity index (χ4n) is 3.03. The van der Waals surface area contributed by atoms with Crippen LogP contribution in [0.15, 0.2) is 18.2 Å². The van der Waals surface area contributed by atoms with Crippen molar-refractivity contribution in [3.8, 4) is 0 Å². The number of aryl methyl sites for hydroxylation is 1. The van der Waals surface area contributed by atoms with Crippen LogP contribution in [-0.4, -0.2) is 35.1 Å². The summed E-state index contributed by atoms with van der Waals surface area (Å²) in [6.07, 6.45) is 0.995. The Kier molecular flexibility index (Phi) is 4.67. The number of halogens is 1. The van der Waals surface area contributed by atoms with Crippen LogP contribution in [0.5, 0.6) is 0 Å². The first kappa shape index (κ1) is 16.0. The summed E-state index contributed by atoms with van der Waals surface area (Å²) in [4.78, 5) is 14.2. The van der Waals surface area contributed by atoms with Crippen LogP contribution in [0.1, 0.15) is 37.8 Å². The van der Waals surface area contributed by atoms with E-state index in [-0.39, 0.29) is 29.7 Å². The summed E-state index contributed by atoms with van der Waals surface area (Å²) >= 11 is 0. The van der Waals surface area contributed by atoms with Gasteiger partial charge in [-0.1, -0.05) is 31.5 Å². The smallest absolute Gasteiger partial charge is 0.227 e. The van der Waals surface area contributed by atoms with E-state index >= 15 is 0 Å². The quantitative estimate of drug-likeness (QED) is 0.911. The zero-order chi connectivity index (χ0) is 15.6. The van der Waals surface area contributed by atoms with Crippen LogP contribution in [0.2, 0.25) is 0 Å². The van der Waals surface area contributed by atoms with Crippen molar-refractivity contribution < 1.29 is 14.3 Å². The fraction of sp³-hybridized carbons (Fsp3) is 0.588. The molecule has 1 saturated heterocycles. The number of nitrogens with zero attached hydrogens (tertiary/aromatic N) is 1. The molecule has 1 unspecified atom stereocenters. The molecule has 21 heavy (non-hydrogen) atoms. The maximum absolute atomic E-state index is 13.8. The van der Waals surface area contributed by atoms with Gasteiger partial charge in [0.1, 0.15) is 5.82 Å². The van der Waals surface area contributed by atoms with Crippen molar-refractivity contribution in [3.05, 3.63) is 35.1 Å². The molecule has 0 radical (unpaired) electrons. The molecule has 1 atom stereocenters. The summed E-state index contributed by atoms with van der Waals surface area (Å²) in [5.41, 5.74) is 1.28. The van der Waals surface area contributed by atoms with E-state index in [0.29, 0.717) is 31.5 Å². The summed E-state index contributed by atoms with van der Waals surface area (Å²) in [5.74, 6) is -0.398. The van der Waals surface area contributed by atoms with Gasteiger partial charge in [-0.2, -0.15) is 0 Å². The molecule has 1 N–H and O–H groups in total. The normalized spacial score (nSPS) is 22.0. The maximum Gasteiger partial charge on any atom is 0.227 e. The number of hydrogen-bond donors (Lipinski definition) is 1. The van der Waals surface area contributed by atoms with E-state index in [2.05, 4.69) is 13.8 Å². The molecule has 0 spiro atoms. The van der Waals surface area contributed by atoms with Crippen molar-refractivity contribution in [2.45, 2.75) is 46.1 Å². The fourth-order valence-corrected chi connectivity index (χ4v) is 3.03. The average Bonchev–Trinajstić information content (AvgIpc) is 2.51. The van der Waals surface area contributed by atoms with Crippen LogP contribution in [-0.2, 0) is 11.2 Å². The summed E-state index contributed by atoms with van der Waals surface area (Å²) in [6.45, 7) is 7.14. The van der Waals surface area contributed by atoms with E-state index in [1.54, 1.807) is 17.0 Å². The monoisotopic (exact) mass is 293 g/mol. The zero-order valence-electron chi connectivity index (χ0n) is 13.0. The van der Waals surface area contributed by atoms with Crippen molar-refractivity contribution >= 4 is 5.91 Å². The minimum absolute atomic E-state index is 0.0679. The van der Waals surface area contributed by atoms with Crippen molar-refractivity contribution in [1.82, 2.24) is 4.90 Å². The number of aliphatic hydroxyl groups excluding tert-OH is 1. The van der Waals surface area contributed by atoms with E-state index in [4.69, 9.17) is 0 Å². The number of benzene rings is 1. The number of rotatable bonds is 2. The lowest BCUT2D eigenvalue weighted by molar-refractivity contribution is -0.131. The molecule has 2 rings (SSSR count). The Morgan fingerprint density at radius 1 is 1.48 bits per heavy atom. The predicted molar refractivity (Wildman–Crippen MR) is 80.4 cm³/mol. The topological polar surface area (TPSA) is 40.5 Å². The number of aliphatic hydroxyl groups is 1. The van der Waals surface area contributed by atoms with Gasteiger partial charge in [-0.15, -0.1) is 0 Å². The molecule has 1 aliphatic heterocycles. The molecule has 116 valence electrons. The summed E-state index contributed by atoms with van der Waals surface area (Å²) < 4.78 is 13.8. The van der Waals surface area contributed by atoms with Gasteiger partial charge in [-0.05, 0) is 36.8 Å². The highest BCUT2D eigenvalue weighted by atomic mass is 19.1. The second kappa shape index (κ2) is 6.14. The summed E-state index contributed by atoms with van der Waals surface area (Å²) in [5, 5.41) is 9.90. The van der Waals surface area contributed by atoms with Gasteiger partial charge in [0.2, 0.25) is 5.91 Å². The van der Waals surface area contributed by atoms with E-state index in [9.17, 15) is 14.3 Å². The highest BCUT2D eigenvalue weighted by molar-refractivity contribution is 5.79. The van der Waals surface area contributed by atoms with E-state index in [0.717, 1.165) is 5.56 Å². The lowest BCUT2D eigenvalue weighted by atomic mass is 9.87. The molecule has 0 saturated carbocycles. The molecule has 3 nitrogen and oxygen atoms in total. The van der Waals surface area contributed by atoms with Gasteiger partial charge in [0.05, 0.1) is 12.5 Å². The second-order valence-corrected chi connectivity index (χ2v) is 6.90. The Morgan fingerprint density at radius 3 is 2.90 bits per heavy atom. The Hall–Kier alpha value is -1.42. The highest BCUT2D eigenvalue weighted by Crippen LogP contribution is 2.28. The molecule has 1 aromatic carbocycles. The SMILES string of the molecule is Cc1ccc(F)c(CC(=O)N2CCC(O)CC(C)(C)C2)c1. The molecule has 1 heterocycles. The first-order chi connectivity index (χ1) is 9.77. The molecular formula is C17H24FNO2. The number of carbonyl (C=O) groups is 1.